The predicted octanol–water partition coefficient (Wildman–Crippen LogP) is 2.91. The molecule has 0 saturated carbocycles. The van der Waals surface area contributed by atoms with E-state index in [1.807, 2.05) is 0 Å². The lowest BCUT2D eigenvalue weighted by Gasteiger charge is -2.29. The SMILES string of the molecule is IN1CCCC(Nc2ccccc2)C1. The van der Waals surface area contributed by atoms with Gasteiger partial charge in [0.1, 0.15) is 0 Å². The quantitative estimate of drug-likeness (QED) is 0.667. The number of benzene rings is 1. The highest BCUT2D eigenvalue weighted by Crippen LogP contribution is 2.17. The first-order valence-corrected chi connectivity index (χ1v) is 6.03. The third kappa shape index (κ3) is 2.85. The minimum absolute atomic E-state index is 0.614. The topological polar surface area (TPSA) is 15.3 Å². The summed E-state index contributed by atoms with van der Waals surface area (Å²) >= 11 is 2.41. The van der Waals surface area contributed by atoms with E-state index in [0.29, 0.717) is 6.04 Å². The van der Waals surface area contributed by atoms with Crippen molar-refractivity contribution < 1.29 is 0 Å². The van der Waals surface area contributed by atoms with Gasteiger partial charge in [-0.15, -0.1) is 0 Å². The third-order valence-corrected chi connectivity index (χ3v) is 3.39. The van der Waals surface area contributed by atoms with E-state index < -0.39 is 0 Å². The molecule has 1 saturated heterocycles. The van der Waals surface area contributed by atoms with Crippen LogP contribution in [-0.2, 0) is 0 Å². The van der Waals surface area contributed by atoms with Gasteiger partial charge in [0.2, 0.25) is 0 Å². The number of nitrogens with zero attached hydrogens (tertiary/aromatic N) is 1. The second-order valence-corrected chi connectivity index (χ2v) is 5.08. The normalized spacial score (nSPS) is 23.4. The van der Waals surface area contributed by atoms with Crippen molar-refractivity contribution in [3.63, 3.8) is 0 Å². The largest absolute Gasteiger partial charge is 0.381 e. The molecule has 1 unspecified atom stereocenters. The molecule has 0 spiro atoms. The minimum Gasteiger partial charge on any atom is -0.381 e. The Morgan fingerprint density at radius 3 is 2.79 bits per heavy atom. The lowest BCUT2D eigenvalue weighted by molar-refractivity contribution is 0.380. The summed E-state index contributed by atoms with van der Waals surface area (Å²) in [7, 11) is 0. The Bertz CT molecular complexity index is 276. The molecule has 0 bridgehead atoms. The zero-order valence-electron chi connectivity index (χ0n) is 8.12. The summed E-state index contributed by atoms with van der Waals surface area (Å²) in [4.78, 5) is 0. The van der Waals surface area contributed by atoms with E-state index in [2.05, 4.69) is 61.6 Å². The number of hydrogen-bond acceptors (Lipinski definition) is 2. The van der Waals surface area contributed by atoms with Gasteiger partial charge in [-0.05, 0) is 25.0 Å². The molecule has 1 N–H and O–H groups in total. The zero-order chi connectivity index (χ0) is 9.80. The maximum atomic E-state index is 3.56. The molecule has 1 aromatic rings. The van der Waals surface area contributed by atoms with Crippen LogP contribution in [0.1, 0.15) is 12.8 Å². The second-order valence-electron chi connectivity index (χ2n) is 3.72. The zero-order valence-corrected chi connectivity index (χ0v) is 10.3. The second kappa shape index (κ2) is 4.98. The molecule has 1 aliphatic heterocycles. The average Bonchev–Trinajstić information content (AvgIpc) is 2.19. The fraction of sp³-hybridized carbons (Fsp3) is 0.455. The van der Waals surface area contributed by atoms with Crippen molar-refractivity contribution in [1.29, 1.82) is 0 Å². The first-order valence-electron chi connectivity index (χ1n) is 5.07. The van der Waals surface area contributed by atoms with Crippen LogP contribution in [0.2, 0.25) is 0 Å². The molecule has 3 heteroatoms. The molecule has 0 aromatic heterocycles. The van der Waals surface area contributed by atoms with E-state index >= 15 is 0 Å². The van der Waals surface area contributed by atoms with Crippen molar-refractivity contribution in [2.45, 2.75) is 18.9 Å². The van der Waals surface area contributed by atoms with Gasteiger partial charge in [-0.25, -0.2) is 3.11 Å². The minimum atomic E-state index is 0.614. The summed E-state index contributed by atoms with van der Waals surface area (Å²) in [6, 6.07) is 11.1. The molecule has 14 heavy (non-hydrogen) atoms. The van der Waals surface area contributed by atoms with E-state index in [1.165, 1.54) is 25.1 Å². The van der Waals surface area contributed by atoms with Gasteiger partial charge in [0.25, 0.3) is 0 Å². The van der Waals surface area contributed by atoms with Crippen molar-refractivity contribution in [3.05, 3.63) is 30.3 Å². The van der Waals surface area contributed by atoms with Gasteiger partial charge in [-0.2, -0.15) is 0 Å². The number of hydrogen-bond donors (Lipinski definition) is 1. The lowest BCUT2D eigenvalue weighted by atomic mass is 10.1. The van der Waals surface area contributed by atoms with Crippen molar-refractivity contribution in [2.24, 2.45) is 0 Å². The van der Waals surface area contributed by atoms with Gasteiger partial charge < -0.3 is 5.32 Å². The summed E-state index contributed by atoms with van der Waals surface area (Å²) in [6.07, 6.45) is 2.59. The summed E-state index contributed by atoms with van der Waals surface area (Å²) in [5.41, 5.74) is 1.24. The molecule has 1 atom stereocenters. The van der Waals surface area contributed by atoms with Gasteiger partial charge in [0, 0.05) is 47.7 Å². The van der Waals surface area contributed by atoms with Crippen molar-refractivity contribution in [3.8, 4) is 0 Å². The number of halogens is 1. The molecule has 1 fully saturated rings. The Labute approximate surface area is 99.2 Å². The van der Waals surface area contributed by atoms with Crippen LogP contribution in [0.3, 0.4) is 0 Å². The first kappa shape index (κ1) is 10.2. The molecule has 1 aromatic carbocycles. The number of para-hydroxylation sites is 1. The molecular weight excluding hydrogens is 287 g/mol. The standard InChI is InChI=1S/C11H15IN2/c12-14-8-4-7-11(9-14)13-10-5-2-1-3-6-10/h1-3,5-6,11,13H,4,7-9H2. The molecule has 0 radical (unpaired) electrons. The highest BCUT2D eigenvalue weighted by molar-refractivity contribution is 14.1. The van der Waals surface area contributed by atoms with Crippen LogP contribution >= 0.6 is 22.9 Å². The number of piperidine rings is 1. The van der Waals surface area contributed by atoms with E-state index in [9.17, 15) is 0 Å². The van der Waals surface area contributed by atoms with Crippen LogP contribution in [0.5, 0.6) is 0 Å². The predicted molar refractivity (Wildman–Crippen MR) is 68.7 cm³/mol. The first-order chi connectivity index (χ1) is 6.84. The van der Waals surface area contributed by atoms with Crippen LogP contribution in [-0.4, -0.2) is 22.2 Å². The molecule has 1 heterocycles. The summed E-state index contributed by atoms with van der Waals surface area (Å²) < 4.78 is 2.36. The molecule has 1 aliphatic rings. The molecule has 2 nitrogen and oxygen atoms in total. The van der Waals surface area contributed by atoms with Crippen LogP contribution in [0.15, 0.2) is 30.3 Å². The Hall–Kier alpha value is -0.290. The average molecular weight is 302 g/mol. The van der Waals surface area contributed by atoms with E-state index in [4.69, 9.17) is 0 Å². The van der Waals surface area contributed by atoms with Gasteiger partial charge in [-0.3, -0.25) is 0 Å². The number of anilines is 1. The maximum absolute atomic E-state index is 3.56. The Morgan fingerprint density at radius 1 is 1.29 bits per heavy atom. The van der Waals surface area contributed by atoms with Crippen molar-refractivity contribution >= 4 is 28.6 Å². The molecule has 76 valence electrons. The highest BCUT2D eigenvalue weighted by atomic mass is 127. The third-order valence-electron chi connectivity index (χ3n) is 2.52. The summed E-state index contributed by atoms with van der Waals surface area (Å²) in [5.74, 6) is 0. The number of nitrogens with one attached hydrogen (secondary N) is 1. The van der Waals surface area contributed by atoms with Gasteiger partial charge in [0.05, 0.1) is 0 Å². The summed E-state index contributed by atoms with van der Waals surface area (Å²) in [6.45, 7) is 2.38. The van der Waals surface area contributed by atoms with E-state index in [1.54, 1.807) is 0 Å². The molecular formula is C11H15IN2. The monoisotopic (exact) mass is 302 g/mol. The molecule has 0 aliphatic carbocycles. The van der Waals surface area contributed by atoms with Crippen LogP contribution in [0, 0.1) is 0 Å². The molecule has 0 amide bonds. The summed E-state index contributed by atoms with van der Waals surface area (Å²) in [5, 5.41) is 3.56. The van der Waals surface area contributed by atoms with Crippen LogP contribution in [0.25, 0.3) is 0 Å². The van der Waals surface area contributed by atoms with Gasteiger partial charge in [-0.1, -0.05) is 18.2 Å². The van der Waals surface area contributed by atoms with E-state index in [-0.39, 0.29) is 0 Å². The Kier molecular flexibility index (Phi) is 3.64. The van der Waals surface area contributed by atoms with E-state index in [0.717, 1.165) is 6.54 Å². The van der Waals surface area contributed by atoms with Crippen molar-refractivity contribution in [1.82, 2.24) is 3.11 Å². The van der Waals surface area contributed by atoms with Crippen LogP contribution in [0.4, 0.5) is 5.69 Å². The van der Waals surface area contributed by atoms with Crippen molar-refractivity contribution in [2.75, 3.05) is 18.4 Å². The van der Waals surface area contributed by atoms with Gasteiger partial charge in [0.15, 0.2) is 0 Å². The highest BCUT2D eigenvalue weighted by Gasteiger charge is 2.17. The van der Waals surface area contributed by atoms with Gasteiger partial charge >= 0.3 is 0 Å². The van der Waals surface area contributed by atoms with Crippen LogP contribution < -0.4 is 5.32 Å². The fourth-order valence-corrected chi connectivity index (χ4v) is 2.64. The smallest absolute Gasteiger partial charge is 0.0397 e. The lowest BCUT2D eigenvalue weighted by Crippen LogP contribution is -2.36. The maximum Gasteiger partial charge on any atom is 0.0397 e. The Morgan fingerprint density at radius 2 is 2.07 bits per heavy atom. The Balaban J connectivity index is 1.91. The fourth-order valence-electron chi connectivity index (χ4n) is 1.82. The molecule has 2 rings (SSSR count). The number of rotatable bonds is 2.